The number of amides is 1. The number of thiophene rings is 1. The van der Waals surface area contributed by atoms with Crippen LogP contribution in [0.2, 0.25) is 0 Å². The summed E-state index contributed by atoms with van der Waals surface area (Å²) in [4.78, 5) is 12.9. The molecule has 1 amide bonds. The third-order valence-corrected chi connectivity index (χ3v) is 3.20. The smallest absolute Gasteiger partial charge is 0.224 e. The molecule has 0 fully saturated rings. The Morgan fingerprint density at radius 2 is 2.38 bits per heavy atom. The third kappa shape index (κ3) is 2.79. The van der Waals surface area contributed by atoms with Crippen LogP contribution in [0.1, 0.15) is 6.92 Å². The highest BCUT2D eigenvalue weighted by atomic mass is 79.9. The Balaban J connectivity index is 2.81. The number of nitrogens with zero attached hydrogens (tertiary/aromatic N) is 1. The van der Waals surface area contributed by atoms with Gasteiger partial charge in [-0.3, -0.25) is 4.79 Å². The minimum atomic E-state index is 0.0276. The van der Waals surface area contributed by atoms with Gasteiger partial charge in [-0.2, -0.15) is 0 Å². The fourth-order valence-corrected chi connectivity index (χ4v) is 2.43. The lowest BCUT2D eigenvalue weighted by Crippen LogP contribution is -2.32. The summed E-state index contributed by atoms with van der Waals surface area (Å²) in [5.74, 6) is 0.0276. The van der Waals surface area contributed by atoms with E-state index in [0.29, 0.717) is 13.1 Å². The molecule has 1 heterocycles. The molecule has 0 saturated carbocycles. The molecule has 2 N–H and O–H groups in total. The molecule has 0 aliphatic carbocycles. The predicted octanol–water partition coefficient (Wildman–Crippen LogP) is 1.82. The van der Waals surface area contributed by atoms with Crippen LogP contribution < -0.4 is 10.6 Å². The minimum absolute atomic E-state index is 0.0276. The number of carbonyl (C=O) groups excluding carboxylic acids is 1. The van der Waals surface area contributed by atoms with Gasteiger partial charge in [0, 0.05) is 20.0 Å². The summed E-state index contributed by atoms with van der Waals surface area (Å²) in [5.41, 5.74) is 5.41. The molecule has 0 bridgehead atoms. The molecule has 0 unspecified atom stereocenters. The fourth-order valence-electron chi connectivity index (χ4n) is 1.00. The summed E-state index contributed by atoms with van der Waals surface area (Å²) in [6, 6.07) is 3.83. The lowest BCUT2D eigenvalue weighted by atomic mass is 10.4. The van der Waals surface area contributed by atoms with Crippen LogP contribution in [0.4, 0.5) is 5.00 Å². The lowest BCUT2D eigenvalue weighted by Gasteiger charge is -2.17. The summed E-state index contributed by atoms with van der Waals surface area (Å²) in [6.07, 6.45) is 0. The van der Waals surface area contributed by atoms with Crippen LogP contribution in [0.3, 0.4) is 0 Å². The van der Waals surface area contributed by atoms with Crippen LogP contribution in [0, 0.1) is 0 Å². The number of rotatable bonds is 3. The van der Waals surface area contributed by atoms with Crippen molar-refractivity contribution in [3.05, 3.63) is 15.9 Å². The van der Waals surface area contributed by atoms with Crippen LogP contribution in [0.15, 0.2) is 15.9 Å². The maximum absolute atomic E-state index is 11.2. The van der Waals surface area contributed by atoms with Crippen molar-refractivity contribution in [2.24, 2.45) is 5.73 Å². The summed E-state index contributed by atoms with van der Waals surface area (Å²) in [6.45, 7) is 2.60. The molecule has 1 aromatic heterocycles. The van der Waals surface area contributed by atoms with Crippen molar-refractivity contribution in [3.63, 3.8) is 0 Å². The van der Waals surface area contributed by atoms with E-state index < -0.39 is 0 Å². The summed E-state index contributed by atoms with van der Waals surface area (Å²) in [7, 11) is 0. The second kappa shape index (κ2) is 4.74. The summed E-state index contributed by atoms with van der Waals surface area (Å²) < 4.78 is 1.02. The predicted molar refractivity (Wildman–Crippen MR) is 59.1 cm³/mol. The van der Waals surface area contributed by atoms with Crippen molar-refractivity contribution in [1.29, 1.82) is 0 Å². The molecular formula is C8H11BrN2OS. The van der Waals surface area contributed by atoms with Crippen molar-refractivity contribution in [2.75, 3.05) is 18.0 Å². The van der Waals surface area contributed by atoms with Gasteiger partial charge in [0.1, 0.15) is 0 Å². The standard InChI is InChI=1S/C8H11BrN2OS/c1-6(12)11(5-4-10)8-3-2-7(9)13-8/h2-3H,4-5,10H2,1H3. The molecule has 1 rings (SSSR count). The van der Waals surface area contributed by atoms with Gasteiger partial charge in [-0.1, -0.05) is 0 Å². The zero-order valence-electron chi connectivity index (χ0n) is 7.29. The quantitative estimate of drug-likeness (QED) is 0.904. The average Bonchev–Trinajstić information content (AvgIpc) is 2.46. The molecule has 72 valence electrons. The zero-order chi connectivity index (χ0) is 9.84. The second-order valence-corrected chi connectivity index (χ2v) is 4.98. The Bertz CT molecular complexity index is 300. The monoisotopic (exact) mass is 262 g/mol. The first-order chi connectivity index (χ1) is 6.15. The van der Waals surface area contributed by atoms with Gasteiger partial charge >= 0.3 is 0 Å². The normalized spacial score (nSPS) is 10.1. The number of hydrogen-bond acceptors (Lipinski definition) is 3. The third-order valence-electron chi connectivity index (χ3n) is 1.56. The van der Waals surface area contributed by atoms with Crippen molar-refractivity contribution in [3.8, 4) is 0 Å². The van der Waals surface area contributed by atoms with E-state index in [-0.39, 0.29) is 5.91 Å². The van der Waals surface area contributed by atoms with Gasteiger partial charge in [0.2, 0.25) is 5.91 Å². The van der Waals surface area contributed by atoms with Crippen LogP contribution in [-0.4, -0.2) is 19.0 Å². The highest BCUT2D eigenvalue weighted by Crippen LogP contribution is 2.29. The number of hydrogen-bond donors (Lipinski definition) is 1. The van der Waals surface area contributed by atoms with E-state index in [9.17, 15) is 4.79 Å². The molecule has 0 aliphatic heterocycles. The molecule has 0 spiro atoms. The largest absolute Gasteiger partial charge is 0.329 e. The second-order valence-electron chi connectivity index (χ2n) is 2.54. The Morgan fingerprint density at radius 3 is 2.77 bits per heavy atom. The number of nitrogens with two attached hydrogens (primary N) is 1. The fraction of sp³-hybridized carbons (Fsp3) is 0.375. The average molecular weight is 263 g/mol. The SMILES string of the molecule is CC(=O)N(CCN)c1ccc(Br)s1. The van der Waals surface area contributed by atoms with Gasteiger partial charge in [-0.15, -0.1) is 11.3 Å². The lowest BCUT2D eigenvalue weighted by molar-refractivity contribution is -0.116. The Hall–Kier alpha value is -0.390. The van der Waals surface area contributed by atoms with Gasteiger partial charge in [-0.25, -0.2) is 0 Å². The molecule has 0 atom stereocenters. The highest BCUT2D eigenvalue weighted by molar-refractivity contribution is 9.11. The van der Waals surface area contributed by atoms with Crippen molar-refractivity contribution in [1.82, 2.24) is 0 Å². The molecule has 5 heteroatoms. The molecule has 0 radical (unpaired) electrons. The van der Waals surface area contributed by atoms with Gasteiger partial charge < -0.3 is 10.6 Å². The number of halogens is 1. The highest BCUT2D eigenvalue weighted by Gasteiger charge is 2.11. The maximum Gasteiger partial charge on any atom is 0.224 e. The zero-order valence-corrected chi connectivity index (χ0v) is 9.69. The van der Waals surface area contributed by atoms with E-state index in [4.69, 9.17) is 5.73 Å². The summed E-state index contributed by atoms with van der Waals surface area (Å²) >= 11 is 4.88. The molecule has 13 heavy (non-hydrogen) atoms. The minimum Gasteiger partial charge on any atom is -0.329 e. The Kier molecular flexibility index (Phi) is 3.90. The Morgan fingerprint density at radius 1 is 1.69 bits per heavy atom. The van der Waals surface area contributed by atoms with Crippen molar-refractivity contribution >= 4 is 38.2 Å². The molecule has 3 nitrogen and oxygen atoms in total. The molecule has 1 aromatic rings. The molecule has 0 aromatic carbocycles. The van der Waals surface area contributed by atoms with Crippen LogP contribution in [-0.2, 0) is 4.79 Å². The van der Waals surface area contributed by atoms with E-state index in [1.807, 2.05) is 12.1 Å². The van der Waals surface area contributed by atoms with Crippen molar-refractivity contribution < 1.29 is 4.79 Å². The molecular weight excluding hydrogens is 252 g/mol. The van der Waals surface area contributed by atoms with Gasteiger partial charge in [0.15, 0.2) is 0 Å². The number of anilines is 1. The van der Waals surface area contributed by atoms with E-state index >= 15 is 0 Å². The van der Waals surface area contributed by atoms with Crippen LogP contribution in [0.25, 0.3) is 0 Å². The first-order valence-corrected chi connectivity index (χ1v) is 5.49. The van der Waals surface area contributed by atoms with E-state index in [2.05, 4.69) is 15.9 Å². The summed E-state index contributed by atoms with van der Waals surface area (Å²) in [5, 5.41) is 0.935. The van der Waals surface area contributed by atoms with Crippen LogP contribution >= 0.6 is 27.3 Å². The van der Waals surface area contributed by atoms with Gasteiger partial charge in [-0.05, 0) is 28.1 Å². The van der Waals surface area contributed by atoms with Gasteiger partial charge in [0.25, 0.3) is 0 Å². The molecule has 0 saturated heterocycles. The molecule has 0 aliphatic rings. The van der Waals surface area contributed by atoms with E-state index in [1.54, 1.807) is 11.8 Å². The van der Waals surface area contributed by atoms with E-state index in [1.165, 1.54) is 11.3 Å². The first kappa shape index (κ1) is 10.7. The van der Waals surface area contributed by atoms with Crippen LogP contribution in [0.5, 0.6) is 0 Å². The van der Waals surface area contributed by atoms with Crippen molar-refractivity contribution in [2.45, 2.75) is 6.92 Å². The number of carbonyl (C=O) groups is 1. The topological polar surface area (TPSA) is 46.3 Å². The maximum atomic E-state index is 11.2. The van der Waals surface area contributed by atoms with E-state index in [0.717, 1.165) is 8.79 Å². The first-order valence-electron chi connectivity index (χ1n) is 3.88. The van der Waals surface area contributed by atoms with Gasteiger partial charge in [0.05, 0.1) is 8.79 Å². The Labute approximate surface area is 89.7 Å².